The fraction of sp³-hybridized carbons (Fsp3) is 0. The number of carbonyl (C=O) groups is 2. The van der Waals surface area contributed by atoms with Crippen molar-refractivity contribution < 1.29 is 19.4 Å². The molecule has 2 heterocycles. The van der Waals surface area contributed by atoms with E-state index in [4.69, 9.17) is 27.9 Å². The number of halogens is 2. The average Bonchev–Trinajstić information content (AvgIpc) is 3.20. The highest BCUT2D eigenvalue weighted by molar-refractivity contribution is 7.14. The number of anilines is 1. The first-order chi connectivity index (χ1) is 15.4. The maximum atomic E-state index is 12.7. The highest BCUT2D eigenvalue weighted by atomic mass is 35.5. The van der Waals surface area contributed by atoms with Gasteiger partial charge in [0.05, 0.1) is 26.2 Å². The predicted molar refractivity (Wildman–Crippen MR) is 125 cm³/mol. The van der Waals surface area contributed by atoms with Crippen LogP contribution in [0.2, 0.25) is 10.0 Å². The number of ether oxygens (including phenoxy) is 1. The molecule has 4 rings (SSSR count). The standard InChI is InChI=1S/C23H14Cl2N2O4S/c24-16-8-6-13(10-17(16)25)21-20(23(29)30)18(12-32-21)27-22(28)14-7-9-19(26-11-14)31-15-4-2-1-3-5-15/h1-12H,(H,27,28)(H,29,30). The monoisotopic (exact) mass is 484 g/mol. The third-order valence-corrected chi connectivity index (χ3v) is 6.17. The number of carboxylic acids is 1. The van der Waals surface area contributed by atoms with Crippen molar-refractivity contribution in [3.63, 3.8) is 0 Å². The molecule has 0 saturated heterocycles. The second-order valence-corrected chi connectivity index (χ2v) is 8.24. The first kappa shape index (κ1) is 21.8. The van der Waals surface area contributed by atoms with Gasteiger partial charge >= 0.3 is 5.97 Å². The molecule has 0 spiro atoms. The number of nitrogens with one attached hydrogen (secondary N) is 1. The number of nitrogens with zero attached hydrogens (tertiary/aromatic N) is 1. The van der Waals surface area contributed by atoms with Crippen molar-refractivity contribution in [2.24, 2.45) is 0 Å². The second-order valence-electron chi connectivity index (χ2n) is 6.54. The van der Waals surface area contributed by atoms with Crippen molar-refractivity contribution in [1.82, 2.24) is 4.98 Å². The van der Waals surface area contributed by atoms with Gasteiger partial charge in [0.25, 0.3) is 5.91 Å². The number of benzene rings is 2. The zero-order valence-corrected chi connectivity index (χ0v) is 18.5. The van der Waals surface area contributed by atoms with Gasteiger partial charge in [-0.2, -0.15) is 0 Å². The summed E-state index contributed by atoms with van der Waals surface area (Å²) < 4.78 is 5.61. The maximum Gasteiger partial charge on any atom is 0.339 e. The molecular formula is C23H14Cl2N2O4S. The summed E-state index contributed by atoms with van der Waals surface area (Å²) in [5.74, 6) is -0.718. The topological polar surface area (TPSA) is 88.5 Å². The van der Waals surface area contributed by atoms with Crippen LogP contribution in [0.25, 0.3) is 10.4 Å². The summed E-state index contributed by atoms with van der Waals surface area (Å²) in [5, 5.41) is 14.6. The number of aromatic carboxylic acids is 1. The Labute approximate surface area is 197 Å². The van der Waals surface area contributed by atoms with Crippen LogP contribution in [0.1, 0.15) is 20.7 Å². The van der Waals surface area contributed by atoms with Crippen molar-refractivity contribution in [3.05, 3.63) is 93.4 Å². The van der Waals surface area contributed by atoms with Gasteiger partial charge < -0.3 is 15.2 Å². The van der Waals surface area contributed by atoms with E-state index in [0.29, 0.717) is 32.1 Å². The Balaban J connectivity index is 1.55. The predicted octanol–water partition coefficient (Wildman–Crippen LogP) is 6.86. The van der Waals surface area contributed by atoms with Gasteiger partial charge in [0.15, 0.2) is 0 Å². The summed E-state index contributed by atoms with van der Waals surface area (Å²) in [7, 11) is 0. The fourth-order valence-electron chi connectivity index (χ4n) is 2.89. The lowest BCUT2D eigenvalue weighted by Gasteiger charge is -2.08. The zero-order valence-electron chi connectivity index (χ0n) is 16.2. The number of para-hydroxylation sites is 1. The van der Waals surface area contributed by atoms with Crippen LogP contribution in [0.4, 0.5) is 5.69 Å². The van der Waals surface area contributed by atoms with Crippen LogP contribution in [0.5, 0.6) is 11.6 Å². The molecule has 0 fully saturated rings. The molecule has 32 heavy (non-hydrogen) atoms. The summed E-state index contributed by atoms with van der Waals surface area (Å²) in [6.07, 6.45) is 1.36. The SMILES string of the molecule is O=C(Nc1csc(-c2ccc(Cl)c(Cl)c2)c1C(=O)O)c1ccc(Oc2ccccc2)nc1. The molecule has 2 N–H and O–H groups in total. The van der Waals surface area contributed by atoms with Gasteiger partial charge in [0.1, 0.15) is 11.3 Å². The van der Waals surface area contributed by atoms with Crippen LogP contribution >= 0.6 is 34.5 Å². The number of hydrogen-bond acceptors (Lipinski definition) is 5. The molecule has 0 aliphatic rings. The van der Waals surface area contributed by atoms with Crippen molar-refractivity contribution >= 4 is 52.1 Å². The molecule has 0 aliphatic carbocycles. The largest absolute Gasteiger partial charge is 0.478 e. The Bertz CT molecular complexity index is 1290. The van der Waals surface area contributed by atoms with Crippen LogP contribution in [0, 0.1) is 0 Å². The fourth-order valence-corrected chi connectivity index (χ4v) is 4.18. The first-order valence-corrected chi connectivity index (χ1v) is 10.9. The number of rotatable bonds is 6. The normalized spacial score (nSPS) is 10.6. The molecule has 0 atom stereocenters. The molecule has 0 aliphatic heterocycles. The number of hydrogen-bond donors (Lipinski definition) is 2. The highest BCUT2D eigenvalue weighted by Crippen LogP contribution is 2.38. The molecule has 160 valence electrons. The van der Waals surface area contributed by atoms with E-state index >= 15 is 0 Å². The number of pyridine rings is 1. The van der Waals surface area contributed by atoms with Crippen LogP contribution < -0.4 is 10.1 Å². The number of thiophene rings is 1. The van der Waals surface area contributed by atoms with Gasteiger partial charge in [0.2, 0.25) is 5.88 Å². The van der Waals surface area contributed by atoms with E-state index in [9.17, 15) is 14.7 Å². The van der Waals surface area contributed by atoms with Gasteiger partial charge in [0, 0.05) is 17.6 Å². The molecule has 0 saturated carbocycles. The lowest BCUT2D eigenvalue weighted by atomic mass is 10.1. The minimum atomic E-state index is -1.17. The van der Waals surface area contributed by atoms with Crippen molar-refractivity contribution in [2.75, 3.05) is 5.32 Å². The Hall–Kier alpha value is -3.39. The van der Waals surface area contributed by atoms with E-state index in [1.165, 1.54) is 17.5 Å². The number of carbonyl (C=O) groups excluding carboxylic acids is 1. The summed E-state index contributed by atoms with van der Waals surface area (Å²) in [5.41, 5.74) is 0.993. The van der Waals surface area contributed by atoms with Crippen molar-refractivity contribution in [1.29, 1.82) is 0 Å². The third-order valence-electron chi connectivity index (χ3n) is 4.40. The third kappa shape index (κ3) is 4.75. The van der Waals surface area contributed by atoms with E-state index < -0.39 is 11.9 Å². The van der Waals surface area contributed by atoms with E-state index in [1.54, 1.807) is 47.8 Å². The molecular weight excluding hydrogens is 471 g/mol. The summed E-state index contributed by atoms with van der Waals surface area (Å²) in [6, 6.07) is 17.1. The average molecular weight is 485 g/mol. The Morgan fingerprint density at radius 1 is 1.00 bits per heavy atom. The number of carboxylic acid groups (broad SMARTS) is 1. The van der Waals surface area contributed by atoms with Gasteiger partial charge in [-0.1, -0.05) is 47.5 Å². The molecule has 2 aromatic carbocycles. The van der Waals surface area contributed by atoms with Crippen LogP contribution in [0.15, 0.2) is 72.2 Å². The minimum Gasteiger partial charge on any atom is -0.478 e. The van der Waals surface area contributed by atoms with Gasteiger partial charge in [-0.3, -0.25) is 4.79 Å². The number of amides is 1. The summed E-state index contributed by atoms with van der Waals surface area (Å²) in [4.78, 5) is 29.2. The molecule has 0 bridgehead atoms. The lowest BCUT2D eigenvalue weighted by Crippen LogP contribution is -2.14. The molecule has 6 nitrogen and oxygen atoms in total. The van der Waals surface area contributed by atoms with E-state index in [1.807, 2.05) is 18.2 Å². The molecule has 0 unspecified atom stereocenters. The molecule has 4 aromatic rings. The summed E-state index contributed by atoms with van der Waals surface area (Å²) >= 11 is 13.2. The van der Waals surface area contributed by atoms with Gasteiger partial charge in [-0.25, -0.2) is 9.78 Å². The van der Waals surface area contributed by atoms with Crippen LogP contribution in [0.3, 0.4) is 0 Å². The number of aromatic nitrogens is 1. The molecule has 1 amide bonds. The smallest absolute Gasteiger partial charge is 0.339 e. The first-order valence-electron chi connectivity index (χ1n) is 9.23. The van der Waals surface area contributed by atoms with Gasteiger partial charge in [-0.15, -0.1) is 11.3 Å². The van der Waals surface area contributed by atoms with Crippen molar-refractivity contribution in [3.8, 4) is 22.1 Å². The lowest BCUT2D eigenvalue weighted by molar-refractivity contribution is 0.0699. The van der Waals surface area contributed by atoms with Crippen molar-refractivity contribution in [2.45, 2.75) is 0 Å². The Kier molecular flexibility index (Phi) is 6.41. The molecule has 0 radical (unpaired) electrons. The molecule has 9 heteroatoms. The minimum absolute atomic E-state index is 0.0290. The Morgan fingerprint density at radius 3 is 2.44 bits per heavy atom. The zero-order chi connectivity index (χ0) is 22.7. The van der Waals surface area contributed by atoms with Crippen LogP contribution in [-0.4, -0.2) is 22.0 Å². The van der Waals surface area contributed by atoms with E-state index in [2.05, 4.69) is 10.3 Å². The van der Waals surface area contributed by atoms with E-state index in [-0.39, 0.29) is 16.8 Å². The second kappa shape index (κ2) is 9.40. The molecule has 2 aromatic heterocycles. The van der Waals surface area contributed by atoms with Crippen LogP contribution in [-0.2, 0) is 0 Å². The highest BCUT2D eigenvalue weighted by Gasteiger charge is 2.22. The Morgan fingerprint density at radius 2 is 1.78 bits per heavy atom. The summed E-state index contributed by atoms with van der Waals surface area (Å²) in [6.45, 7) is 0. The van der Waals surface area contributed by atoms with Gasteiger partial charge in [-0.05, 0) is 35.9 Å². The van der Waals surface area contributed by atoms with E-state index in [0.717, 1.165) is 0 Å². The quantitative estimate of drug-likeness (QED) is 0.312. The maximum absolute atomic E-state index is 12.7.